The molecule has 6 nitrogen and oxygen atoms in total. The van der Waals surface area contributed by atoms with Crippen LogP contribution in [0, 0.1) is 5.82 Å². The minimum atomic E-state index is -0.456. The topological polar surface area (TPSA) is 69.8 Å². The van der Waals surface area contributed by atoms with Crippen LogP contribution in [-0.4, -0.2) is 58.3 Å². The number of nitrogens with zero attached hydrogens (tertiary/aromatic N) is 3. The average Bonchev–Trinajstić information content (AvgIpc) is 3.18. The highest BCUT2D eigenvalue weighted by atomic mass is 19.1. The Kier molecular flexibility index (Phi) is 5.73. The number of carbonyl (C=O) groups is 1. The lowest BCUT2D eigenvalue weighted by molar-refractivity contribution is 0.0441. The summed E-state index contributed by atoms with van der Waals surface area (Å²) >= 11 is 0. The van der Waals surface area contributed by atoms with Crippen LogP contribution in [0.5, 0.6) is 0 Å². The van der Waals surface area contributed by atoms with Crippen LogP contribution in [0.3, 0.4) is 0 Å². The van der Waals surface area contributed by atoms with E-state index in [4.69, 9.17) is 4.52 Å². The second kappa shape index (κ2) is 8.41. The number of piperidine rings is 2. The Labute approximate surface area is 163 Å². The monoisotopic (exact) mass is 387 g/mol. The summed E-state index contributed by atoms with van der Waals surface area (Å²) in [5.41, 5.74) is 1.81. The van der Waals surface area contributed by atoms with Crippen molar-refractivity contribution in [3.05, 3.63) is 53.2 Å². The van der Waals surface area contributed by atoms with Gasteiger partial charge in [0.25, 0.3) is 5.91 Å². The van der Waals surface area contributed by atoms with E-state index in [-0.39, 0.29) is 23.4 Å². The summed E-state index contributed by atoms with van der Waals surface area (Å²) in [5.74, 6) is 0.127. The van der Waals surface area contributed by atoms with E-state index in [1.807, 2.05) is 6.07 Å². The maximum Gasteiger partial charge on any atom is 0.292 e. The van der Waals surface area contributed by atoms with Crippen molar-refractivity contribution in [1.29, 1.82) is 0 Å². The van der Waals surface area contributed by atoms with Gasteiger partial charge in [-0.2, -0.15) is 0 Å². The first-order valence-electron chi connectivity index (χ1n) is 9.99. The molecule has 28 heavy (non-hydrogen) atoms. The van der Waals surface area contributed by atoms with E-state index in [0.29, 0.717) is 13.1 Å². The van der Waals surface area contributed by atoms with Crippen molar-refractivity contribution < 1.29 is 18.8 Å². The van der Waals surface area contributed by atoms with Crippen LogP contribution in [0.2, 0.25) is 0 Å². The number of β-amino-alcohol motifs (C(OH)–C–C–N with tert-alkyl or cyclic N) is 1. The summed E-state index contributed by atoms with van der Waals surface area (Å²) in [6.07, 6.45) is 2.94. The number of halogens is 1. The molecule has 2 aliphatic rings. The molecule has 1 N–H and O–H groups in total. The molecule has 1 amide bonds. The molecule has 1 aromatic carbocycles. The van der Waals surface area contributed by atoms with Gasteiger partial charge in [0, 0.05) is 31.6 Å². The van der Waals surface area contributed by atoms with Crippen LogP contribution in [0.1, 0.15) is 53.4 Å². The van der Waals surface area contributed by atoms with E-state index >= 15 is 0 Å². The molecule has 150 valence electrons. The van der Waals surface area contributed by atoms with Crippen molar-refractivity contribution in [2.24, 2.45) is 0 Å². The molecule has 4 rings (SSSR count). The number of aliphatic hydroxyl groups is 1. The lowest BCUT2D eigenvalue weighted by Gasteiger charge is -2.31. The molecule has 3 heterocycles. The normalized spacial score (nSPS) is 21.8. The van der Waals surface area contributed by atoms with Gasteiger partial charge in [0.15, 0.2) is 0 Å². The smallest absolute Gasteiger partial charge is 0.292 e. The van der Waals surface area contributed by atoms with Gasteiger partial charge in [-0.15, -0.1) is 0 Å². The highest BCUT2D eigenvalue weighted by Gasteiger charge is 2.28. The molecular formula is C21H26FN3O3. The lowest BCUT2D eigenvalue weighted by atomic mass is 9.93. The number of hydrogen-bond donors (Lipinski definition) is 1. The number of rotatable bonds is 4. The molecular weight excluding hydrogens is 361 g/mol. The molecule has 0 bridgehead atoms. The van der Waals surface area contributed by atoms with Crippen molar-refractivity contribution in [3.63, 3.8) is 0 Å². The predicted octanol–water partition coefficient (Wildman–Crippen LogP) is 2.79. The van der Waals surface area contributed by atoms with Gasteiger partial charge >= 0.3 is 0 Å². The molecule has 0 spiro atoms. The first-order chi connectivity index (χ1) is 13.6. The zero-order valence-electron chi connectivity index (χ0n) is 15.9. The van der Waals surface area contributed by atoms with Crippen LogP contribution in [0.4, 0.5) is 4.39 Å². The molecule has 2 fully saturated rings. The fraction of sp³-hybridized carbons (Fsp3) is 0.524. The minimum Gasteiger partial charge on any atom is -0.391 e. The second-order valence-electron chi connectivity index (χ2n) is 7.84. The Balaban J connectivity index is 1.32. The molecule has 0 unspecified atom stereocenters. The summed E-state index contributed by atoms with van der Waals surface area (Å²) in [5, 5.41) is 13.9. The second-order valence-corrected chi connectivity index (χ2v) is 7.84. The highest BCUT2D eigenvalue weighted by molar-refractivity contribution is 5.91. The van der Waals surface area contributed by atoms with Gasteiger partial charge < -0.3 is 14.5 Å². The van der Waals surface area contributed by atoms with Gasteiger partial charge in [0.2, 0.25) is 5.76 Å². The summed E-state index contributed by atoms with van der Waals surface area (Å²) < 4.78 is 18.7. The van der Waals surface area contributed by atoms with Crippen LogP contribution in [-0.2, 0) is 6.54 Å². The Morgan fingerprint density at radius 3 is 2.79 bits per heavy atom. The third kappa shape index (κ3) is 4.42. The average molecular weight is 387 g/mol. The van der Waals surface area contributed by atoms with Crippen LogP contribution in [0.25, 0.3) is 0 Å². The third-order valence-corrected chi connectivity index (χ3v) is 5.72. The number of benzene rings is 1. The number of aliphatic hydroxyl groups excluding tert-OH is 1. The molecule has 0 aliphatic carbocycles. The maximum absolute atomic E-state index is 13.3. The van der Waals surface area contributed by atoms with Gasteiger partial charge in [-0.3, -0.25) is 9.69 Å². The largest absolute Gasteiger partial charge is 0.391 e. The Hall–Kier alpha value is -2.25. The molecule has 2 saturated heterocycles. The zero-order valence-corrected chi connectivity index (χ0v) is 15.9. The standard InChI is InChI=1S/C21H26FN3O3/c22-17-4-1-3-15(11-17)13-24-9-6-16(7-10-24)19-12-20(28-23-19)21(27)25-8-2-5-18(26)14-25/h1,3-4,11-12,16,18,26H,2,5-10,13-14H2/t18-/m1/s1. The van der Waals surface area contributed by atoms with Gasteiger partial charge in [-0.25, -0.2) is 4.39 Å². The fourth-order valence-corrected chi connectivity index (χ4v) is 4.16. The van der Waals surface area contributed by atoms with Gasteiger partial charge in [-0.1, -0.05) is 17.3 Å². The molecule has 2 aromatic rings. The van der Waals surface area contributed by atoms with Gasteiger partial charge in [0.05, 0.1) is 11.8 Å². The number of hydrogen-bond acceptors (Lipinski definition) is 5. The van der Waals surface area contributed by atoms with Gasteiger partial charge in [0.1, 0.15) is 5.82 Å². The lowest BCUT2D eigenvalue weighted by Crippen LogP contribution is -2.42. The summed E-state index contributed by atoms with van der Waals surface area (Å²) in [6.45, 7) is 3.54. The molecule has 2 aliphatic heterocycles. The highest BCUT2D eigenvalue weighted by Crippen LogP contribution is 2.29. The maximum atomic E-state index is 13.3. The Morgan fingerprint density at radius 2 is 2.04 bits per heavy atom. The quantitative estimate of drug-likeness (QED) is 0.874. The van der Waals surface area contributed by atoms with Crippen molar-refractivity contribution in [2.75, 3.05) is 26.2 Å². The van der Waals surface area contributed by atoms with E-state index < -0.39 is 6.10 Å². The Morgan fingerprint density at radius 1 is 1.21 bits per heavy atom. The number of likely N-dealkylation sites (tertiary alicyclic amines) is 2. The molecule has 0 saturated carbocycles. The molecule has 1 atom stereocenters. The van der Waals surface area contributed by atoms with E-state index in [9.17, 15) is 14.3 Å². The van der Waals surface area contributed by atoms with Crippen molar-refractivity contribution in [3.8, 4) is 0 Å². The summed E-state index contributed by atoms with van der Waals surface area (Å²) in [4.78, 5) is 16.5. The molecule has 0 radical (unpaired) electrons. The predicted molar refractivity (Wildman–Crippen MR) is 101 cm³/mol. The van der Waals surface area contributed by atoms with Crippen LogP contribution in [0.15, 0.2) is 34.9 Å². The van der Waals surface area contributed by atoms with Crippen molar-refractivity contribution in [1.82, 2.24) is 15.0 Å². The van der Waals surface area contributed by atoms with Crippen molar-refractivity contribution >= 4 is 5.91 Å². The van der Waals surface area contributed by atoms with Crippen LogP contribution < -0.4 is 0 Å². The Bertz CT molecular complexity index is 817. The van der Waals surface area contributed by atoms with E-state index in [1.54, 1.807) is 23.1 Å². The molecule has 7 heteroatoms. The summed E-state index contributed by atoms with van der Waals surface area (Å²) in [6, 6.07) is 8.49. The summed E-state index contributed by atoms with van der Waals surface area (Å²) in [7, 11) is 0. The third-order valence-electron chi connectivity index (χ3n) is 5.72. The number of carbonyl (C=O) groups excluding carboxylic acids is 1. The van der Waals surface area contributed by atoms with Crippen LogP contribution >= 0.6 is 0 Å². The SMILES string of the molecule is O=C(c1cc(C2CCN(Cc3cccc(F)c3)CC2)no1)N1CCC[C@@H](O)C1. The zero-order chi connectivity index (χ0) is 19.5. The fourth-order valence-electron chi connectivity index (χ4n) is 4.16. The first kappa shape index (κ1) is 19.1. The minimum absolute atomic E-state index is 0.193. The van der Waals surface area contributed by atoms with Crippen molar-refractivity contribution in [2.45, 2.75) is 44.2 Å². The van der Waals surface area contributed by atoms with E-state index in [0.717, 1.165) is 56.6 Å². The molecule has 1 aromatic heterocycles. The van der Waals surface area contributed by atoms with Gasteiger partial charge in [-0.05, 0) is 56.5 Å². The number of amides is 1. The van der Waals surface area contributed by atoms with E-state index in [1.165, 1.54) is 6.07 Å². The first-order valence-corrected chi connectivity index (χ1v) is 9.99. The van der Waals surface area contributed by atoms with E-state index in [2.05, 4.69) is 10.1 Å². The number of aromatic nitrogens is 1.